The van der Waals surface area contributed by atoms with E-state index >= 15 is 0 Å². The summed E-state index contributed by atoms with van der Waals surface area (Å²) in [6, 6.07) is 0. The summed E-state index contributed by atoms with van der Waals surface area (Å²) in [6.07, 6.45) is -0.135. The van der Waals surface area contributed by atoms with Gasteiger partial charge in [0.2, 0.25) is 11.8 Å². The summed E-state index contributed by atoms with van der Waals surface area (Å²) >= 11 is 0. The van der Waals surface area contributed by atoms with Gasteiger partial charge in [-0.2, -0.15) is 0 Å². The number of piperidine rings is 1. The zero-order valence-corrected chi connectivity index (χ0v) is 10.9. The number of nitrogens with one attached hydrogen (secondary N) is 1. The zero-order valence-electron chi connectivity index (χ0n) is 10.9. The molecule has 0 radical (unpaired) electrons. The van der Waals surface area contributed by atoms with E-state index in [4.69, 9.17) is 4.74 Å². The van der Waals surface area contributed by atoms with Crippen molar-refractivity contribution in [2.24, 2.45) is 5.41 Å². The third kappa shape index (κ3) is 2.86. The monoisotopic (exact) mass is 276 g/mol. The Kier molecular flexibility index (Phi) is 3.75. The van der Waals surface area contributed by atoms with Crippen LogP contribution in [-0.2, 0) is 14.3 Å². The average Bonchev–Trinajstić information content (AvgIpc) is 2.65. The van der Waals surface area contributed by atoms with E-state index < -0.39 is 30.2 Å². The second-order valence-electron chi connectivity index (χ2n) is 5.21. The fraction of sp³-hybridized carbons (Fsp3) is 0.833. The van der Waals surface area contributed by atoms with Gasteiger partial charge in [0.05, 0.1) is 12.0 Å². The number of halogens is 2. The fourth-order valence-electron chi connectivity index (χ4n) is 2.80. The van der Waals surface area contributed by atoms with Gasteiger partial charge in [-0.25, -0.2) is 8.78 Å². The minimum Gasteiger partial charge on any atom is -0.372 e. The van der Waals surface area contributed by atoms with Crippen LogP contribution in [0.5, 0.6) is 0 Å². The van der Waals surface area contributed by atoms with Crippen molar-refractivity contribution in [3.8, 4) is 0 Å². The Balaban J connectivity index is 2.13. The molecule has 2 aliphatic heterocycles. The number of rotatable bonds is 3. The lowest BCUT2D eigenvalue weighted by Crippen LogP contribution is -2.57. The molecule has 2 heterocycles. The highest BCUT2D eigenvalue weighted by molar-refractivity contribution is 5.86. The van der Waals surface area contributed by atoms with Crippen LogP contribution in [0.3, 0.4) is 0 Å². The van der Waals surface area contributed by atoms with Crippen LogP contribution in [0.25, 0.3) is 0 Å². The van der Waals surface area contributed by atoms with Crippen LogP contribution in [0.4, 0.5) is 8.78 Å². The van der Waals surface area contributed by atoms with Gasteiger partial charge in [0.25, 0.3) is 5.92 Å². The van der Waals surface area contributed by atoms with Crippen molar-refractivity contribution in [3.05, 3.63) is 0 Å². The highest BCUT2D eigenvalue weighted by Gasteiger charge is 2.55. The first-order valence-electron chi connectivity index (χ1n) is 6.40. The van der Waals surface area contributed by atoms with E-state index in [1.54, 1.807) is 6.92 Å². The lowest BCUT2D eigenvalue weighted by molar-refractivity contribution is -0.162. The van der Waals surface area contributed by atoms with Crippen LogP contribution in [-0.4, -0.2) is 55.5 Å². The molecule has 2 amide bonds. The first-order valence-corrected chi connectivity index (χ1v) is 6.40. The van der Waals surface area contributed by atoms with Gasteiger partial charge in [-0.15, -0.1) is 0 Å². The molecule has 0 aromatic heterocycles. The Bertz CT molecular complexity index is 389. The van der Waals surface area contributed by atoms with E-state index in [9.17, 15) is 18.4 Å². The maximum atomic E-state index is 13.8. The van der Waals surface area contributed by atoms with Gasteiger partial charge in [0.1, 0.15) is 6.61 Å². The molecule has 1 N–H and O–H groups in total. The summed E-state index contributed by atoms with van der Waals surface area (Å²) < 4.78 is 32.5. The minimum atomic E-state index is -3.03. The van der Waals surface area contributed by atoms with E-state index in [1.165, 1.54) is 0 Å². The average molecular weight is 276 g/mol. The lowest BCUT2D eigenvalue weighted by atomic mass is 9.77. The Hall–Kier alpha value is -1.24. The number of alkyl halides is 2. The number of hydrogen-bond acceptors (Lipinski definition) is 3. The molecule has 5 nitrogen and oxygen atoms in total. The van der Waals surface area contributed by atoms with Crippen molar-refractivity contribution in [1.82, 2.24) is 10.2 Å². The lowest BCUT2D eigenvalue weighted by Gasteiger charge is -2.42. The molecular formula is C12H18F2N2O3. The third-order valence-electron chi connectivity index (χ3n) is 3.67. The number of carbonyl (C=O) groups excluding carboxylic acids is 2. The van der Waals surface area contributed by atoms with Gasteiger partial charge in [-0.1, -0.05) is 0 Å². The molecule has 1 spiro atoms. The molecule has 0 aromatic rings. The van der Waals surface area contributed by atoms with Gasteiger partial charge in [0, 0.05) is 26.1 Å². The van der Waals surface area contributed by atoms with Crippen molar-refractivity contribution in [3.63, 3.8) is 0 Å². The number of likely N-dealkylation sites (tertiary alicyclic amines) is 1. The molecular weight excluding hydrogens is 258 g/mol. The smallest absolute Gasteiger partial charge is 0.266 e. The summed E-state index contributed by atoms with van der Waals surface area (Å²) in [5.41, 5.74) is -1.14. The van der Waals surface area contributed by atoms with Gasteiger partial charge in [-0.3, -0.25) is 9.59 Å². The van der Waals surface area contributed by atoms with Crippen LogP contribution in [0.2, 0.25) is 0 Å². The van der Waals surface area contributed by atoms with Gasteiger partial charge in [0.15, 0.2) is 0 Å². The Morgan fingerprint density at radius 1 is 1.47 bits per heavy atom. The Labute approximate surface area is 110 Å². The predicted molar refractivity (Wildman–Crippen MR) is 62.7 cm³/mol. The molecule has 0 aromatic carbocycles. The SMILES string of the molecule is CCOCC(=O)N1CC(F)(F)C[C@]2(CCNC2=O)C1. The van der Waals surface area contributed by atoms with Crippen molar-refractivity contribution in [2.45, 2.75) is 25.7 Å². The molecule has 1 atom stereocenters. The quantitative estimate of drug-likeness (QED) is 0.811. The molecule has 0 bridgehead atoms. The minimum absolute atomic E-state index is 0.0559. The molecule has 2 rings (SSSR count). The van der Waals surface area contributed by atoms with E-state index in [0.717, 1.165) is 4.90 Å². The van der Waals surface area contributed by atoms with Crippen molar-refractivity contribution in [1.29, 1.82) is 0 Å². The first kappa shape index (κ1) is 14.2. The van der Waals surface area contributed by atoms with E-state index in [1.807, 2.05) is 0 Å². The summed E-state index contributed by atoms with van der Waals surface area (Å²) in [5.74, 6) is -3.89. The second-order valence-corrected chi connectivity index (χ2v) is 5.21. The predicted octanol–water partition coefficient (Wildman–Crippen LogP) is 0.397. The highest BCUT2D eigenvalue weighted by atomic mass is 19.3. The summed E-state index contributed by atoms with van der Waals surface area (Å²) in [4.78, 5) is 24.7. The molecule has 2 saturated heterocycles. The maximum Gasteiger partial charge on any atom is 0.266 e. The third-order valence-corrected chi connectivity index (χ3v) is 3.67. The normalized spacial score (nSPS) is 29.6. The number of nitrogens with zero attached hydrogens (tertiary/aromatic N) is 1. The first-order chi connectivity index (χ1) is 8.88. The highest BCUT2D eigenvalue weighted by Crippen LogP contribution is 2.43. The molecule has 108 valence electrons. The Morgan fingerprint density at radius 3 is 2.79 bits per heavy atom. The Morgan fingerprint density at radius 2 is 2.21 bits per heavy atom. The van der Waals surface area contributed by atoms with Crippen LogP contribution >= 0.6 is 0 Å². The van der Waals surface area contributed by atoms with Gasteiger partial charge >= 0.3 is 0 Å². The van der Waals surface area contributed by atoms with Crippen molar-refractivity contribution in [2.75, 3.05) is 32.8 Å². The molecule has 7 heteroatoms. The topological polar surface area (TPSA) is 58.6 Å². The van der Waals surface area contributed by atoms with Crippen LogP contribution < -0.4 is 5.32 Å². The zero-order chi connectivity index (χ0) is 14.1. The van der Waals surface area contributed by atoms with E-state index in [0.29, 0.717) is 19.6 Å². The largest absolute Gasteiger partial charge is 0.372 e. The standard InChI is InChI=1S/C12H18F2N2O3/c1-2-19-5-9(17)16-7-11(3-4-15-10(11)18)6-12(13,14)8-16/h2-8H2,1H3,(H,15,18)/t11-/m1/s1. The van der Waals surface area contributed by atoms with Crippen LogP contribution in [0, 0.1) is 5.41 Å². The van der Waals surface area contributed by atoms with Crippen molar-refractivity contribution >= 4 is 11.8 Å². The molecule has 2 fully saturated rings. The molecule has 0 unspecified atom stereocenters. The second kappa shape index (κ2) is 5.03. The van der Waals surface area contributed by atoms with E-state index in [-0.39, 0.29) is 19.1 Å². The summed E-state index contributed by atoms with van der Waals surface area (Å²) in [7, 11) is 0. The number of carbonyl (C=O) groups is 2. The van der Waals surface area contributed by atoms with Gasteiger partial charge in [-0.05, 0) is 13.3 Å². The number of amides is 2. The van der Waals surface area contributed by atoms with E-state index in [2.05, 4.69) is 5.32 Å². The number of hydrogen-bond donors (Lipinski definition) is 1. The van der Waals surface area contributed by atoms with Crippen molar-refractivity contribution < 1.29 is 23.1 Å². The summed E-state index contributed by atoms with van der Waals surface area (Å²) in [5, 5.41) is 2.58. The summed E-state index contributed by atoms with van der Waals surface area (Å²) in [6.45, 7) is 1.67. The molecule has 19 heavy (non-hydrogen) atoms. The van der Waals surface area contributed by atoms with Crippen LogP contribution in [0.1, 0.15) is 19.8 Å². The van der Waals surface area contributed by atoms with Gasteiger partial charge < -0.3 is 15.0 Å². The van der Waals surface area contributed by atoms with Crippen LogP contribution in [0.15, 0.2) is 0 Å². The maximum absolute atomic E-state index is 13.8. The number of ether oxygens (including phenoxy) is 1. The fourth-order valence-corrected chi connectivity index (χ4v) is 2.80. The molecule has 0 saturated carbocycles. The molecule has 0 aliphatic carbocycles. The molecule has 2 aliphatic rings.